The average molecular weight is 439 g/mol. The molecule has 2 aromatic carbocycles. The minimum Gasteiger partial charge on any atom is -0.268 e. The van der Waals surface area contributed by atoms with Crippen molar-refractivity contribution in [2.45, 2.75) is 39.5 Å². The van der Waals surface area contributed by atoms with E-state index in [1.54, 1.807) is 18.1 Å². The van der Waals surface area contributed by atoms with Crippen LogP contribution in [-0.2, 0) is 19.9 Å². The highest BCUT2D eigenvalue weighted by atomic mass is 16.1. The summed E-state index contributed by atoms with van der Waals surface area (Å²) in [5.74, 6) is 0.920. The highest BCUT2D eigenvalue weighted by Crippen LogP contribution is 2.24. The maximum atomic E-state index is 13.6. The minimum absolute atomic E-state index is 0.126. The van der Waals surface area contributed by atoms with Gasteiger partial charge < -0.3 is 0 Å². The van der Waals surface area contributed by atoms with E-state index in [4.69, 9.17) is 4.98 Å². The van der Waals surface area contributed by atoms with E-state index < -0.39 is 0 Å². The summed E-state index contributed by atoms with van der Waals surface area (Å²) in [7, 11) is 1.77. The molecule has 0 bridgehead atoms. The molecular formula is C26H26N6O. The van der Waals surface area contributed by atoms with Crippen LogP contribution in [0, 0.1) is 18.3 Å². The Morgan fingerprint density at radius 3 is 2.52 bits per heavy atom. The molecule has 2 heterocycles. The van der Waals surface area contributed by atoms with Crippen molar-refractivity contribution in [2.24, 2.45) is 7.05 Å². The van der Waals surface area contributed by atoms with Crippen molar-refractivity contribution in [3.05, 3.63) is 93.4 Å². The molecule has 4 rings (SSSR count). The van der Waals surface area contributed by atoms with E-state index >= 15 is 0 Å². The van der Waals surface area contributed by atoms with Gasteiger partial charge in [-0.25, -0.2) is 9.55 Å². The molecule has 7 heteroatoms. The maximum absolute atomic E-state index is 13.6. The maximum Gasteiger partial charge on any atom is 0.264 e. The zero-order valence-corrected chi connectivity index (χ0v) is 19.1. The molecule has 0 saturated carbocycles. The Balaban J connectivity index is 1.73. The Morgan fingerprint density at radius 1 is 1.09 bits per heavy atom. The summed E-state index contributed by atoms with van der Waals surface area (Å²) in [6.45, 7) is 3.95. The predicted octanol–water partition coefficient (Wildman–Crippen LogP) is 4.14. The smallest absolute Gasteiger partial charge is 0.264 e. The molecule has 2 aromatic heterocycles. The third-order valence-corrected chi connectivity index (χ3v) is 5.68. The van der Waals surface area contributed by atoms with E-state index in [9.17, 15) is 10.1 Å². The first-order chi connectivity index (χ1) is 16.0. The van der Waals surface area contributed by atoms with Crippen molar-refractivity contribution in [1.29, 1.82) is 5.26 Å². The fourth-order valence-electron chi connectivity index (χ4n) is 3.95. The number of nitriles is 1. The zero-order valence-electron chi connectivity index (χ0n) is 19.1. The van der Waals surface area contributed by atoms with Crippen molar-refractivity contribution >= 4 is 0 Å². The van der Waals surface area contributed by atoms with Gasteiger partial charge in [0.15, 0.2) is 0 Å². The number of hydrogen-bond donors (Lipinski definition) is 0. The van der Waals surface area contributed by atoms with Crippen molar-refractivity contribution in [2.75, 3.05) is 0 Å². The Labute approximate surface area is 193 Å². The quantitative estimate of drug-likeness (QED) is 0.433. The third kappa shape index (κ3) is 4.60. The van der Waals surface area contributed by atoms with Gasteiger partial charge in [0.2, 0.25) is 0 Å². The van der Waals surface area contributed by atoms with Crippen molar-refractivity contribution in [1.82, 2.24) is 24.3 Å². The largest absolute Gasteiger partial charge is 0.268 e. The lowest BCUT2D eigenvalue weighted by Crippen LogP contribution is -2.29. The number of nitrogens with zero attached hydrogens (tertiary/aromatic N) is 6. The Kier molecular flexibility index (Phi) is 6.45. The standard InChI is InChI=1S/C26H26N6O/c1-4-5-10-24-23(25(33)32(18(2)29-24)26-28-17-31(3)30-26)15-19-11-13-20(14-12-19)22-9-7-6-8-21(22)16-27/h6-9,11-14,17H,4-5,10,15H2,1-3H3. The summed E-state index contributed by atoms with van der Waals surface area (Å²) in [6, 6.07) is 17.8. The molecule has 0 saturated heterocycles. The molecule has 0 aliphatic heterocycles. The Morgan fingerprint density at radius 2 is 1.85 bits per heavy atom. The summed E-state index contributed by atoms with van der Waals surface area (Å²) in [5.41, 5.74) is 4.90. The molecule has 0 amide bonds. The summed E-state index contributed by atoms with van der Waals surface area (Å²) >= 11 is 0. The molecule has 166 valence electrons. The van der Waals surface area contributed by atoms with Gasteiger partial charge in [-0.3, -0.25) is 9.48 Å². The zero-order chi connectivity index (χ0) is 23.4. The second-order valence-electron chi connectivity index (χ2n) is 8.08. The van der Waals surface area contributed by atoms with Crippen LogP contribution in [0.5, 0.6) is 0 Å². The first kappa shape index (κ1) is 22.2. The normalized spacial score (nSPS) is 10.8. The van der Waals surface area contributed by atoms with Gasteiger partial charge in [-0.2, -0.15) is 10.2 Å². The second kappa shape index (κ2) is 9.61. The van der Waals surface area contributed by atoms with Gasteiger partial charge >= 0.3 is 0 Å². The van der Waals surface area contributed by atoms with E-state index in [0.717, 1.165) is 41.6 Å². The van der Waals surface area contributed by atoms with Crippen LogP contribution in [0.1, 0.15) is 48.0 Å². The fourth-order valence-corrected chi connectivity index (χ4v) is 3.95. The Hall–Kier alpha value is -4.05. The van der Waals surface area contributed by atoms with E-state index in [-0.39, 0.29) is 5.56 Å². The van der Waals surface area contributed by atoms with Crippen molar-refractivity contribution in [3.63, 3.8) is 0 Å². The van der Waals surface area contributed by atoms with Crippen LogP contribution in [-0.4, -0.2) is 24.3 Å². The van der Waals surface area contributed by atoms with Crippen LogP contribution in [0.25, 0.3) is 17.1 Å². The molecule has 0 aliphatic rings. The molecule has 0 N–H and O–H groups in total. The number of unbranched alkanes of at least 4 members (excludes halogenated alkanes) is 1. The van der Waals surface area contributed by atoms with Gasteiger partial charge in [-0.15, -0.1) is 5.10 Å². The van der Waals surface area contributed by atoms with Crippen LogP contribution in [0.4, 0.5) is 0 Å². The Bertz CT molecular complexity index is 1380. The first-order valence-electron chi connectivity index (χ1n) is 11.1. The number of aromatic nitrogens is 5. The third-order valence-electron chi connectivity index (χ3n) is 5.68. The summed E-state index contributed by atoms with van der Waals surface area (Å²) in [5, 5.41) is 13.7. The summed E-state index contributed by atoms with van der Waals surface area (Å²) in [6.07, 6.45) is 4.79. The number of hydrogen-bond acceptors (Lipinski definition) is 5. The van der Waals surface area contributed by atoms with Gasteiger partial charge in [-0.05, 0) is 42.5 Å². The molecule has 0 atom stereocenters. The van der Waals surface area contributed by atoms with Crippen molar-refractivity contribution in [3.8, 4) is 23.1 Å². The molecule has 4 aromatic rings. The van der Waals surface area contributed by atoms with Crippen molar-refractivity contribution < 1.29 is 0 Å². The second-order valence-corrected chi connectivity index (χ2v) is 8.08. The molecule has 0 fully saturated rings. The average Bonchev–Trinajstić information content (AvgIpc) is 3.25. The van der Waals surface area contributed by atoms with E-state index in [1.807, 2.05) is 55.5 Å². The fraction of sp³-hybridized carbons (Fsp3) is 0.269. The van der Waals surface area contributed by atoms with Crippen LogP contribution in [0.3, 0.4) is 0 Å². The lowest BCUT2D eigenvalue weighted by Gasteiger charge is -2.14. The SMILES string of the molecule is CCCCc1nc(C)n(-c2ncn(C)n2)c(=O)c1Cc1ccc(-c2ccccc2C#N)cc1. The lowest BCUT2D eigenvalue weighted by atomic mass is 9.97. The number of rotatable bonds is 7. The molecule has 0 radical (unpaired) electrons. The topological polar surface area (TPSA) is 89.4 Å². The van der Waals surface area contributed by atoms with E-state index in [0.29, 0.717) is 29.3 Å². The van der Waals surface area contributed by atoms with E-state index in [1.165, 1.54) is 4.57 Å². The van der Waals surface area contributed by atoms with Crippen LogP contribution >= 0.6 is 0 Å². The first-order valence-corrected chi connectivity index (χ1v) is 11.1. The van der Waals surface area contributed by atoms with Crippen LogP contribution in [0.15, 0.2) is 59.7 Å². The summed E-state index contributed by atoms with van der Waals surface area (Å²) < 4.78 is 3.06. The molecular weight excluding hydrogens is 412 g/mol. The molecule has 7 nitrogen and oxygen atoms in total. The van der Waals surface area contributed by atoms with Crippen LogP contribution in [0.2, 0.25) is 0 Å². The predicted molar refractivity (Wildman–Crippen MR) is 127 cm³/mol. The molecule has 0 aliphatic carbocycles. The molecule has 0 unspecified atom stereocenters. The molecule has 0 spiro atoms. The van der Waals surface area contributed by atoms with Crippen LogP contribution < -0.4 is 5.56 Å². The van der Waals surface area contributed by atoms with Gasteiger partial charge in [0.05, 0.1) is 17.3 Å². The molecule has 33 heavy (non-hydrogen) atoms. The highest BCUT2D eigenvalue weighted by Gasteiger charge is 2.18. The van der Waals surface area contributed by atoms with Gasteiger partial charge in [0.25, 0.3) is 11.5 Å². The number of benzene rings is 2. The monoisotopic (exact) mass is 438 g/mol. The van der Waals surface area contributed by atoms with Gasteiger partial charge in [-0.1, -0.05) is 55.8 Å². The highest BCUT2D eigenvalue weighted by molar-refractivity contribution is 5.70. The summed E-state index contributed by atoms with van der Waals surface area (Å²) in [4.78, 5) is 22.6. The van der Waals surface area contributed by atoms with E-state index in [2.05, 4.69) is 23.1 Å². The lowest BCUT2D eigenvalue weighted by molar-refractivity contribution is 0.706. The van der Waals surface area contributed by atoms with Gasteiger partial charge in [0.1, 0.15) is 12.2 Å². The van der Waals surface area contributed by atoms with Gasteiger partial charge in [0, 0.05) is 19.0 Å². The number of aryl methyl sites for hydroxylation is 3. The minimum atomic E-state index is -0.126.